The van der Waals surface area contributed by atoms with E-state index in [0.29, 0.717) is 0 Å². The predicted octanol–water partition coefficient (Wildman–Crippen LogP) is 0.920. The summed E-state index contributed by atoms with van der Waals surface area (Å²) in [5, 5.41) is 0. The largest absolute Gasteiger partial charge is 0.243 e. The third-order valence-electron chi connectivity index (χ3n) is 1.16. The Balaban J connectivity index is 0.000000810. The SMILES string of the molecule is C=CCn1cc[n+](C)c1.Cl. The van der Waals surface area contributed by atoms with E-state index in [1.165, 1.54) is 0 Å². The minimum Gasteiger partial charge on any atom is -0.240 e. The minimum absolute atomic E-state index is 0. The van der Waals surface area contributed by atoms with Gasteiger partial charge in [-0.3, -0.25) is 0 Å². The maximum absolute atomic E-state index is 3.64. The molecule has 0 radical (unpaired) electrons. The summed E-state index contributed by atoms with van der Waals surface area (Å²) in [6.45, 7) is 4.52. The molecular weight excluding hydrogens is 148 g/mol. The van der Waals surface area contributed by atoms with Crippen molar-refractivity contribution in [1.82, 2.24) is 4.57 Å². The summed E-state index contributed by atoms with van der Waals surface area (Å²) in [6, 6.07) is 0. The van der Waals surface area contributed by atoms with E-state index in [4.69, 9.17) is 0 Å². The lowest BCUT2D eigenvalue weighted by atomic mass is 10.6. The van der Waals surface area contributed by atoms with Crippen LogP contribution in [0.2, 0.25) is 0 Å². The lowest BCUT2D eigenvalue weighted by Gasteiger charge is -1.83. The Bertz CT molecular complexity index is 205. The number of hydrogen-bond acceptors (Lipinski definition) is 0. The molecule has 0 saturated heterocycles. The second-order valence-electron chi connectivity index (χ2n) is 2.06. The predicted molar refractivity (Wildman–Crippen MR) is 43.1 cm³/mol. The summed E-state index contributed by atoms with van der Waals surface area (Å²) < 4.78 is 4.07. The van der Waals surface area contributed by atoms with E-state index in [1.807, 2.05) is 36.4 Å². The molecule has 0 atom stereocenters. The van der Waals surface area contributed by atoms with E-state index >= 15 is 0 Å². The standard InChI is InChI=1S/C7H11N2.ClH/c1-3-4-9-6-5-8(2)7-9;/h3,5-7H,1,4H2,2H3;1H/q+1;. The molecule has 0 spiro atoms. The molecular formula is C7H12ClN2+. The molecule has 0 aliphatic heterocycles. The molecule has 1 heterocycles. The first-order valence-electron chi connectivity index (χ1n) is 2.95. The fourth-order valence-electron chi connectivity index (χ4n) is 0.759. The number of rotatable bonds is 2. The highest BCUT2D eigenvalue weighted by Crippen LogP contribution is 1.81. The van der Waals surface area contributed by atoms with E-state index in [1.54, 1.807) is 0 Å². The van der Waals surface area contributed by atoms with Gasteiger partial charge < -0.3 is 0 Å². The van der Waals surface area contributed by atoms with Gasteiger partial charge >= 0.3 is 0 Å². The van der Waals surface area contributed by atoms with E-state index in [0.717, 1.165) is 6.54 Å². The summed E-state index contributed by atoms with van der Waals surface area (Å²) >= 11 is 0. The molecule has 10 heavy (non-hydrogen) atoms. The van der Waals surface area contributed by atoms with Crippen molar-refractivity contribution in [3.63, 3.8) is 0 Å². The molecule has 1 aromatic heterocycles. The van der Waals surface area contributed by atoms with Crippen molar-refractivity contribution in [2.75, 3.05) is 0 Å². The van der Waals surface area contributed by atoms with Gasteiger partial charge in [-0.1, -0.05) is 12.7 Å². The molecule has 0 amide bonds. The van der Waals surface area contributed by atoms with Crippen molar-refractivity contribution in [1.29, 1.82) is 0 Å². The number of imidazole rings is 1. The van der Waals surface area contributed by atoms with Crippen LogP contribution in [0.15, 0.2) is 31.4 Å². The van der Waals surface area contributed by atoms with Gasteiger partial charge in [0.1, 0.15) is 18.9 Å². The van der Waals surface area contributed by atoms with Crippen LogP contribution in [0, 0.1) is 0 Å². The molecule has 0 aliphatic rings. The molecule has 0 unspecified atom stereocenters. The van der Waals surface area contributed by atoms with Crippen LogP contribution in [0.5, 0.6) is 0 Å². The van der Waals surface area contributed by atoms with Gasteiger partial charge in [-0.25, -0.2) is 9.13 Å². The molecule has 1 rings (SSSR count). The summed E-state index contributed by atoms with van der Waals surface area (Å²) in [4.78, 5) is 0. The van der Waals surface area contributed by atoms with E-state index in [2.05, 4.69) is 11.1 Å². The molecule has 0 fully saturated rings. The van der Waals surface area contributed by atoms with Gasteiger partial charge in [-0.15, -0.1) is 12.4 Å². The molecule has 0 saturated carbocycles. The van der Waals surface area contributed by atoms with Gasteiger partial charge in [0.25, 0.3) is 0 Å². The van der Waals surface area contributed by atoms with Crippen LogP contribution in [0.1, 0.15) is 0 Å². The molecule has 0 aliphatic carbocycles. The number of nitrogens with zero attached hydrogens (tertiary/aromatic N) is 2. The number of aryl methyl sites for hydroxylation is 1. The smallest absolute Gasteiger partial charge is 0.240 e. The van der Waals surface area contributed by atoms with Crippen LogP contribution in [0.3, 0.4) is 0 Å². The Hall–Kier alpha value is -0.760. The van der Waals surface area contributed by atoms with Crippen molar-refractivity contribution in [2.45, 2.75) is 6.54 Å². The van der Waals surface area contributed by atoms with Crippen molar-refractivity contribution in [3.8, 4) is 0 Å². The fourth-order valence-corrected chi connectivity index (χ4v) is 0.759. The third-order valence-corrected chi connectivity index (χ3v) is 1.16. The Labute approximate surface area is 67.2 Å². The van der Waals surface area contributed by atoms with Gasteiger partial charge in [0.15, 0.2) is 0 Å². The first-order chi connectivity index (χ1) is 4.33. The maximum Gasteiger partial charge on any atom is 0.243 e. The number of halogens is 1. The fraction of sp³-hybridized carbons (Fsp3) is 0.286. The van der Waals surface area contributed by atoms with Crippen LogP contribution in [0.25, 0.3) is 0 Å². The lowest BCUT2D eigenvalue weighted by Crippen LogP contribution is -2.23. The Morgan fingerprint density at radius 2 is 2.40 bits per heavy atom. The van der Waals surface area contributed by atoms with E-state index in [9.17, 15) is 0 Å². The van der Waals surface area contributed by atoms with Gasteiger partial charge in [0, 0.05) is 0 Å². The Kier molecular flexibility index (Phi) is 3.81. The molecule has 1 aromatic rings. The van der Waals surface area contributed by atoms with Gasteiger partial charge in [-0.2, -0.15) is 0 Å². The van der Waals surface area contributed by atoms with Crippen LogP contribution in [-0.2, 0) is 13.6 Å². The van der Waals surface area contributed by atoms with Crippen LogP contribution >= 0.6 is 12.4 Å². The van der Waals surface area contributed by atoms with Crippen molar-refractivity contribution < 1.29 is 4.57 Å². The van der Waals surface area contributed by atoms with Crippen molar-refractivity contribution in [2.24, 2.45) is 7.05 Å². The third kappa shape index (κ3) is 2.23. The molecule has 0 N–H and O–H groups in total. The second kappa shape index (κ2) is 4.12. The molecule has 3 heteroatoms. The average Bonchev–Trinajstić information content (AvgIpc) is 2.17. The summed E-state index contributed by atoms with van der Waals surface area (Å²) in [7, 11) is 2.00. The highest BCUT2D eigenvalue weighted by Gasteiger charge is 1.93. The molecule has 0 bridgehead atoms. The maximum atomic E-state index is 3.64. The second-order valence-corrected chi connectivity index (χ2v) is 2.06. The quantitative estimate of drug-likeness (QED) is 0.448. The number of hydrogen-bond donors (Lipinski definition) is 0. The van der Waals surface area contributed by atoms with E-state index < -0.39 is 0 Å². The zero-order chi connectivity index (χ0) is 6.69. The zero-order valence-corrected chi connectivity index (χ0v) is 6.84. The average molecular weight is 160 g/mol. The monoisotopic (exact) mass is 159 g/mol. The topological polar surface area (TPSA) is 8.81 Å². The number of allylic oxidation sites excluding steroid dienone is 1. The van der Waals surface area contributed by atoms with Gasteiger partial charge in [0.05, 0.1) is 7.05 Å². The van der Waals surface area contributed by atoms with Gasteiger partial charge in [0.2, 0.25) is 6.33 Å². The summed E-state index contributed by atoms with van der Waals surface area (Å²) in [5.41, 5.74) is 0. The van der Waals surface area contributed by atoms with Crippen LogP contribution in [0.4, 0.5) is 0 Å². The van der Waals surface area contributed by atoms with Gasteiger partial charge in [-0.05, 0) is 0 Å². The summed E-state index contributed by atoms with van der Waals surface area (Å²) in [6.07, 6.45) is 7.91. The highest BCUT2D eigenvalue weighted by molar-refractivity contribution is 5.85. The van der Waals surface area contributed by atoms with Crippen LogP contribution in [-0.4, -0.2) is 4.57 Å². The molecule has 56 valence electrons. The van der Waals surface area contributed by atoms with Crippen molar-refractivity contribution in [3.05, 3.63) is 31.4 Å². The van der Waals surface area contributed by atoms with E-state index in [-0.39, 0.29) is 12.4 Å². The summed E-state index contributed by atoms with van der Waals surface area (Å²) in [5.74, 6) is 0. The van der Waals surface area contributed by atoms with Crippen LogP contribution < -0.4 is 4.57 Å². The Morgan fingerprint density at radius 3 is 2.80 bits per heavy atom. The highest BCUT2D eigenvalue weighted by atomic mass is 35.5. The lowest BCUT2D eigenvalue weighted by molar-refractivity contribution is -0.671. The normalized spacial score (nSPS) is 8.50. The molecule has 2 nitrogen and oxygen atoms in total. The molecule has 0 aromatic carbocycles. The minimum atomic E-state index is 0. The first kappa shape index (κ1) is 9.24. The first-order valence-corrected chi connectivity index (χ1v) is 2.95. The zero-order valence-electron chi connectivity index (χ0n) is 6.03. The van der Waals surface area contributed by atoms with Crippen molar-refractivity contribution >= 4 is 12.4 Å². The Morgan fingerprint density at radius 1 is 1.70 bits per heavy atom. The number of aromatic nitrogens is 2.